The fourth-order valence-corrected chi connectivity index (χ4v) is 1.31. The molecule has 0 fully saturated rings. The second-order valence-electron chi connectivity index (χ2n) is 2.78. The number of hydrogen-bond acceptors (Lipinski definition) is 2. The van der Waals surface area contributed by atoms with Gasteiger partial charge >= 0.3 is 6.03 Å². The first-order chi connectivity index (χ1) is 6.31. The van der Waals surface area contributed by atoms with Crippen LogP contribution in [0.1, 0.15) is 5.69 Å². The molecule has 0 atom stereocenters. The van der Waals surface area contributed by atoms with Gasteiger partial charge in [0.15, 0.2) is 0 Å². The molecule has 0 saturated heterocycles. The molecule has 0 spiro atoms. The molecule has 13 heavy (non-hydrogen) atoms. The quantitative estimate of drug-likeness (QED) is 0.341. The summed E-state index contributed by atoms with van der Waals surface area (Å²) in [4.78, 5) is 12.6. The van der Waals surface area contributed by atoms with Gasteiger partial charge in [-0.2, -0.15) is 0 Å². The largest absolute Gasteiger partial charge is 0.335 e. The zero-order valence-corrected chi connectivity index (χ0v) is 6.97. The molecule has 1 aliphatic rings. The van der Waals surface area contributed by atoms with E-state index in [-0.39, 0.29) is 6.03 Å². The number of nitrogens with one attached hydrogen (secondary N) is 1. The van der Waals surface area contributed by atoms with Gasteiger partial charge in [-0.25, -0.2) is 10.6 Å². The molecule has 0 saturated carbocycles. The van der Waals surface area contributed by atoms with E-state index < -0.39 is 0 Å². The minimum Gasteiger partial charge on any atom is -0.324 e. The number of urea groups is 1. The molecule has 5 heteroatoms. The second-order valence-corrected chi connectivity index (χ2v) is 2.78. The Labute approximate surface area is 75.4 Å². The zero-order chi connectivity index (χ0) is 9.26. The molecule has 68 valence electrons. The molecular weight excluding hydrogens is 168 g/mol. The maximum atomic E-state index is 11.1. The summed E-state index contributed by atoms with van der Waals surface area (Å²) in [5, 5.41) is 0. The van der Waals surface area contributed by atoms with Crippen molar-refractivity contribution in [2.24, 2.45) is 5.84 Å². The highest BCUT2D eigenvalue weighted by atomic mass is 16.2. The van der Waals surface area contributed by atoms with E-state index in [2.05, 4.69) is 5.43 Å². The SMILES string of the molecule is NNC(=O)N1C=Cn2cccc2C1. The van der Waals surface area contributed by atoms with Crippen molar-refractivity contribution in [3.63, 3.8) is 0 Å². The first kappa shape index (κ1) is 7.88. The van der Waals surface area contributed by atoms with Crippen LogP contribution < -0.4 is 11.3 Å². The molecule has 2 rings (SSSR count). The van der Waals surface area contributed by atoms with Crippen molar-refractivity contribution >= 4 is 12.2 Å². The first-order valence-electron chi connectivity index (χ1n) is 3.92. The fourth-order valence-electron chi connectivity index (χ4n) is 1.31. The number of nitrogens with two attached hydrogens (primary N) is 1. The molecular formula is C8H10N4O. The van der Waals surface area contributed by atoms with Gasteiger partial charge in [-0.05, 0) is 12.1 Å². The summed E-state index contributed by atoms with van der Waals surface area (Å²) in [6.07, 6.45) is 5.44. The average Bonchev–Trinajstić information content (AvgIpc) is 2.63. The molecule has 0 radical (unpaired) electrons. The van der Waals surface area contributed by atoms with E-state index in [1.54, 1.807) is 6.20 Å². The van der Waals surface area contributed by atoms with Crippen molar-refractivity contribution in [2.45, 2.75) is 6.54 Å². The lowest BCUT2D eigenvalue weighted by Crippen LogP contribution is -2.41. The summed E-state index contributed by atoms with van der Waals surface area (Å²) in [5.41, 5.74) is 3.15. The predicted molar refractivity (Wildman–Crippen MR) is 48.0 cm³/mol. The van der Waals surface area contributed by atoms with Crippen LogP contribution in [0.4, 0.5) is 4.79 Å². The number of nitrogens with zero attached hydrogens (tertiary/aromatic N) is 2. The van der Waals surface area contributed by atoms with Gasteiger partial charge in [0.1, 0.15) is 0 Å². The number of amides is 2. The lowest BCUT2D eigenvalue weighted by Gasteiger charge is -2.21. The molecule has 1 aromatic rings. The Balaban J connectivity index is 2.21. The summed E-state index contributed by atoms with van der Waals surface area (Å²) in [5.74, 6) is 5.02. The number of carbonyl (C=O) groups is 1. The maximum Gasteiger partial charge on any atom is 0.335 e. The van der Waals surface area contributed by atoms with Crippen molar-refractivity contribution in [1.29, 1.82) is 0 Å². The molecule has 1 aliphatic heterocycles. The molecule has 5 nitrogen and oxygen atoms in total. The highest BCUT2D eigenvalue weighted by molar-refractivity contribution is 5.75. The van der Waals surface area contributed by atoms with Gasteiger partial charge in [0.05, 0.1) is 6.54 Å². The van der Waals surface area contributed by atoms with Crippen LogP contribution >= 0.6 is 0 Å². The van der Waals surface area contributed by atoms with Crippen LogP contribution in [0.2, 0.25) is 0 Å². The van der Waals surface area contributed by atoms with E-state index in [0.29, 0.717) is 6.54 Å². The third-order valence-corrected chi connectivity index (χ3v) is 1.99. The van der Waals surface area contributed by atoms with Crippen LogP contribution in [0.15, 0.2) is 24.5 Å². The molecule has 0 unspecified atom stereocenters. The van der Waals surface area contributed by atoms with E-state index in [1.165, 1.54) is 4.90 Å². The summed E-state index contributed by atoms with van der Waals surface area (Å²) in [7, 11) is 0. The lowest BCUT2D eigenvalue weighted by atomic mass is 10.3. The molecule has 2 amide bonds. The summed E-state index contributed by atoms with van der Waals surface area (Å²) >= 11 is 0. The molecule has 2 heterocycles. The highest BCUT2D eigenvalue weighted by Gasteiger charge is 2.14. The Morgan fingerprint density at radius 2 is 2.38 bits per heavy atom. The van der Waals surface area contributed by atoms with E-state index >= 15 is 0 Å². The smallest absolute Gasteiger partial charge is 0.324 e. The highest BCUT2D eigenvalue weighted by Crippen LogP contribution is 2.12. The Morgan fingerprint density at radius 1 is 1.54 bits per heavy atom. The van der Waals surface area contributed by atoms with Crippen LogP contribution in [-0.2, 0) is 6.54 Å². The van der Waals surface area contributed by atoms with Crippen LogP contribution in [0, 0.1) is 0 Å². The molecule has 0 aromatic carbocycles. The number of hydrogen-bond donors (Lipinski definition) is 2. The third kappa shape index (κ3) is 1.29. The Morgan fingerprint density at radius 3 is 3.15 bits per heavy atom. The van der Waals surface area contributed by atoms with Crippen molar-refractivity contribution in [1.82, 2.24) is 14.9 Å². The average molecular weight is 178 g/mol. The van der Waals surface area contributed by atoms with Crippen molar-refractivity contribution in [3.05, 3.63) is 30.2 Å². The van der Waals surface area contributed by atoms with Crippen LogP contribution in [0.3, 0.4) is 0 Å². The Bertz CT molecular complexity index is 355. The standard InChI is InChI=1S/C8H10N4O/c9-10-8(13)12-5-4-11-3-1-2-7(11)6-12/h1-5H,6,9H2,(H,10,13). The zero-order valence-electron chi connectivity index (χ0n) is 6.97. The van der Waals surface area contributed by atoms with E-state index in [9.17, 15) is 4.79 Å². The topological polar surface area (TPSA) is 63.3 Å². The van der Waals surface area contributed by atoms with Crippen LogP contribution in [0.25, 0.3) is 6.20 Å². The minimum atomic E-state index is -0.302. The predicted octanol–water partition coefficient (Wildman–Crippen LogP) is 0.315. The second kappa shape index (κ2) is 2.95. The van der Waals surface area contributed by atoms with Gasteiger partial charge in [-0.3, -0.25) is 10.3 Å². The number of aromatic nitrogens is 1. The fraction of sp³-hybridized carbons (Fsp3) is 0.125. The van der Waals surface area contributed by atoms with E-state index in [0.717, 1.165) is 5.69 Å². The Kier molecular flexibility index (Phi) is 1.79. The molecule has 0 bridgehead atoms. The minimum absolute atomic E-state index is 0.302. The van der Waals surface area contributed by atoms with Gasteiger partial charge in [-0.1, -0.05) is 0 Å². The van der Waals surface area contributed by atoms with Gasteiger partial charge in [0.2, 0.25) is 0 Å². The number of rotatable bonds is 0. The van der Waals surface area contributed by atoms with Crippen molar-refractivity contribution in [2.75, 3.05) is 0 Å². The van der Waals surface area contributed by atoms with E-state index in [4.69, 9.17) is 5.84 Å². The van der Waals surface area contributed by atoms with Gasteiger partial charge in [0, 0.05) is 24.3 Å². The first-order valence-corrected chi connectivity index (χ1v) is 3.92. The summed E-state index contributed by atoms with van der Waals surface area (Å²) in [6.45, 7) is 0.548. The lowest BCUT2D eigenvalue weighted by molar-refractivity contribution is 0.212. The summed E-state index contributed by atoms with van der Waals surface area (Å²) in [6, 6.07) is 3.59. The van der Waals surface area contributed by atoms with Crippen LogP contribution in [0.5, 0.6) is 0 Å². The summed E-state index contributed by atoms with van der Waals surface area (Å²) < 4.78 is 1.96. The third-order valence-electron chi connectivity index (χ3n) is 1.99. The molecule has 3 N–H and O–H groups in total. The Hall–Kier alpha value is -1.75. The molecule has 1 aromatic heterocycles. The number of fused-ring (bicyclic) bond motifs is 1. The maximum absolute atomic E-state index is 11.1. The van der Waals surface area contributed by atoms with Crippen LogP contribution in [-0.4, -0.2) is 15.5 Å². The van der Waals surface area contributed by atoms with E-state index in [1.807, 2.05) is 29.1 Å². The monoisotopic (exact) mass is 178 g/mol. The number of hydrazine groups is 1. The molecule has 0 aliphatic carbocycles. The van der Waals surface area contributed by atoms with Crippen molar-refractivity contribution in [3.8, 4) is 0 Å². The van der Waals surface area contributed by atoms with Gasteiger partial charge in [0.25, 0.3) is 0 Å². The van der Waals surface area contributed by atoms with Crippen molar-refractivity contribution < 1.29 is 4.79 Å². The van der Waals surface area contributed by atoms with Gasteiger partial charge < -0.3 is 4.57 Å². The van der Waals surface area contributed by atoms with Gasteiger partial charge in [-0.15, -0.1) is 0 Å². The number of carbonyl (C=O) groups excluding carboxylic acids is 1. The normalized spacial score (nSPS) is 14.1.